The normalized spacial score (nSPS) is 55.2. The summed E-state index contributed by atoms with van der Waals surface area (Å²) in [5.41, 5.74) is -2.35. The molecule has 18 unspecified atom stereocenters. The number of aliphatic hydroxyl groups excluding tert-OH is 8. The van der Waals surface area contributed by atoms with Gasteiger partial charge < -0.3 is 60.2 Å². The van der Waals surface area contributed by atoms with Crippen molar-refractivity contribution in [2.24, 2.45) is 40.4 Å². The predicted octanol–water partition coefficient (Wildman–Crippen LogP) is -0.0184. The molecule has 12 nitrogen and oxygen atoms in total. The van der Waals surface area contributed by atoms with E-state index in [-0.39, 0.29) is 41.8 Å². The van der Waals surface area contributed by atoms with E-state index in [9.17, 15) is 46.0 Å². The van der Waals surface area contributed by atoms with Crippen LogP contribution in [-0.4, -0.2) is 132 Å². The molecule has 2 saturated heterocycles. The minimum absolute atomic E-state index is 0.0647. The zero-order chi connectivity index (χ0) is 34.3. The van der Waals surface area contributed by atoms with Crippen molar-refractivity contribution in [3.8, 4) is 0 Å². The molecule has 0 aromatic carbocycles. The number of aliphatic hydroxyl groups is 9. The van der Waals surface area contributed by atoms with Gasteiger partial charge in [-0.1, -0.05) is 32.4 Å². The third kappa shape index (κ3) is 5.23. The maximum Gasteiger partial charge on any atom is 0.186 e. The minimum Gasteiger partial charge on any atom is -0.396 e. The van der Waals surface area contributed by atoms with Gasteiger partial charge in [0, 0.05) is 17.3 Å². The summed E-state index contributed by atoms with van der Waals surface area (Å²) in [4.78, 5) is 0. The highest BCUT2D eigenvalue weighted by molar-refractivity contribution is 5.32. The summed E-state index contributed by atoms with van der Waals surface area (Å²) in [7, 11) is 0. The Hall–Kier alpha value is -0.740. The highest BCUT2D eigenvalue weighted by Gasteiger charge is 2.71. The summed E-state index contributed by atoms with van der Waals surface area (Å²) in [5.74, 6) is -0.968. The van der Waals surface area contributed by atoms with Crippen LogP contribution in [-0.2, 0) is 14.2 Å². The first-order chi connectivity index (χ1) is 22.1. The van der Waals surface area contributed by atoms with Crippen molar-refractivity contribution in [3.05, 3.63) is 11.6 Å². The molecule has 12 heteroatoms. The Bertz CT molecular complexity index is 1170. The van der Waals surface area contributed by atoms with Crippen LogP contribution in [0.3, 0.4) is 0 Å². The number of hydrogen-bond acceptors (Lipinski definition) is 12. The molecule has 0 aromatic rings. The Morgan fingerprint density at radius 2 is 1.64 bits per heavy atom. The van der Waals surface area contributed by atoms with Crippen LogP contribution < -0.4 is 0 Å². The van der Waals surface area contributed by atoms with Crippen molar-refractivity contribution in [1.29, 1.82) is 0 Å². The molecule has 18 atom stereocenters. The molecule has 9 N–H and O–H groups in total. The summed E-state index contributed by atoms with van der Waals surface area (Å²) in [6, 6.07) is 0. The van der Waals surface area contributed by atoms with E-state index in [1.807, 2.05) is 13.8 Å². The first-order valence-electron chi connectivity index (χ1n) is 17.8. The quantitative estimate of drug-likeness (QED) is 0.156. The highest BCUT2D eigenvalue weighted by Crippen LogP contribution is 2.68. The lowest BCUT2D eigenvalue weighted by atomic mass is 9.47. The molecule has 0 bridgehead atoms. The molecule has 2 heterocycles. The smallest absolute Gasteiger partial charge is 0.186 e. The topological polar surface area (TPSA) is 210 Å². The molecule has 4 aliphatic carbocycles. The van der Waals surface area contributed by atoms with Crippen LogP contribution in [0, 0.1) is 40.4 Å². The summed E-state index contributed by atoms with van der Waals surface area (Å²) in [6.45, 7) is 6.70. The number of allylic oxidation sites excluding steroid dienone is 2. The second kappa shape index (κ2) is 12.8. The van der Waals surface area contributed by atoms with E-state index in [4.69, 9.17) is 14.2 Å². The summed E-state index contributed by atoms with van der Waals surface area (Å²) >= 11 is 0. The van der Waals surface area contributed by atoms with Crippen LogP contribution >= 0.6 is 0 Å². The molecular formula is C35H58O12. The molecular weight excluding hydrogens is 612 g/mol. The van der Waals surface area contributed by atoms with Crippen LogP contribution in [0.4, 0.5) is 0 Å². The molecule has 5 fully saturated rings. The molecule has 6 aliphatic rings. The molecule has 0 aromatic heterocycles. The first-order valence-corrected chi connectivity index (χ1v) is 17.8. The van der Waals surface area contributed by atoms with Gasteiger partial charge in [0.05, 0.1) is 49.8 Å². The lowest BCUT2D eigenvalue weighted by Crippen LogP contribution is -2.63. The Kier molecular flexibility index (Phi) is 9.81. The Balaban J connectivity index is 1.21. The standard InChI is InChI=1S/C35H58O12/c1-5-20-26(40)30(47-34(20,4)16-38)23(14-36)35(44)25(39)13-22-19-7-6-17-12-18(8-10-32(17,2)21(19)9-11-33(22,35)3)45-31-29(43)28(42)27(41)24(15-37)46-31/h7,17-18,20-31,36-44H,5-6,8-16H2,1-4H3. The van der Waals surface area contributed by atoms with Crippen LogP contribution in [0.25, 0.3) is 0 Å². The molecule has 6 rings (SSSR count). The predicted molar refractivity (Wildman–Crippen MR) is 167 cm³/mol. The Morgan fingerprint density at radius 1 is 0.915 bits per heavy atom. The number of rotatable bonds is 8. The summed E-state index contributed by atoms with van der Waals surface area (Å²) < 4.78 is 18.1. The highest BCUT2D eigenvalue weighted by atomic mass is 16.7. The third-order valence-corrected chi connectivity index (χ3v) is 14.4. The van der Waals surface area contributed by atoms with Gasteiger partial charge in [0.2, 0.25) is 0 Å². The van der Waals surface area contributed by atoms with Gasteiger partial charge in [-0.2, -0.15) is 0 Å². The first kappa shape index (κ1) is 36.1. The summed E-state index contributed by atoms with van der Waals surface area (Å²) in [5, 5.41) is 97.1. The van der Waals surface area contributed by atoms with E-state index in [2.05, 4.69) is 13.0 Å². The fraction of sp³-hybridized carbons (Fsp3) is 0.943. The lowest BCUT2D eigenvalue weighted by molar-refractivity contribution is -0.315. The molecule has 0 radical (unpaired) electrons. The fourth-order valence-electron chi connectivity index (χ4n) is 11.4. The van der Waals surface area contributed by atoms with Gasteiger partial charge in [-0.15, -0.1) is 0 Å². The van der Waals surface area contributed by atoms with Gasteiger partial charge in [0.1, 0.15) is 30.0 Å². The van der Waals surface area contributed by atoms with Crippen LogP contribution in [0.15, 0.2) is 11.6 Å². The Morgan fingerprint density at radius 3 is 2.26 bits per heavy atom. The van der Waals surface area contributed by atoms with Crippen molar-refractivity contribution < 1.29 is 60.2 Å². The molecule has 0 spiro atoms. The van der Waals surface area contributed by atoms with Crippen molar-refractivity contribution >= 4 is 0 Å². The average Bonchev–Trinajstić information content (AvgIpc) is 3.43. The van der Waals surface area contributed by atoms with Crippen LogP contribution in [0.5, 0.6) is 0 Å². The number of fused-ring (bicyclic) bond motifs is 5. The van der Waals surface area contributed by atoms with Crippen LogP contribution in [0.2, 0.25) is 0 Å². The van der Waals surface area contributed by atoms with Gasteiger partial charge in [0.25, 0.3) is 0 Å². The molecule has 3 saturated carbocycles. The maximum atomic E-state index is 12.6. The Labute approximate surface area is 277 Å². The van der Waals surface area contributed by atoms with E-state index in [0.29, 0.717) is 32.1 Å². The van der Waals surface area contributed by atoms with Crippen molar-refractivity contribution in [2.75, 3.05) is 19.8 Å². The minimum atomic E-state index is -1.72. The second-order valence-corrected chi connectivity index (χ2v) is 16.4. The van der Waals surface area contributed by atoms with Gasteiger partial charge in [-0.05, 0) is 81.5 Å². The van der Waals surface area contributed by atoms with Crippen molar-refractivity contribution in [1.82, 2.24) is 0 Å². The number of hydrogen-bond donors (Lipinski definition) is 9. The second-order valence-electron chi connectivity index (χ2n) is 16.4. The van der Waals surface area contributed by atoms with Gasteiger partial charge >= 0.3 is 0 Å². The molecule has 0 amide bonds. The molecule has 47 heavy (non-hydrogen) atoms. The van der Waals surface area contributed by atoms with Gasteiger partial charge in [0.15, 0.2) is 6.29 Å². The van der Waals surface area contributed by atoms with E-state index in [1.54, 1.807) is 6.92 Å². The van der Waals surface area contributed by atoms with Gasteiger partial charge in [-0.25, -0.2) is 0 Å². The van der Waals surface area contributed by atoms with Gasteiger partial charge in [-0.3, -0.25) is 0 Å². The van der Waals surface area contributed by atoms with E-state index < -0.39 is 84.8 Å². The molecule has 270 valence electrons. The average molecular weight is 671 g/mol. The van der Waals surface area contributed by atoms with Crippen LogP contribution in [0.1, 0.15) is 79.1 Å². The zero-order valence-corrected chi connectivity index (χ0v) is 28.2. The fourth-order valence-corrected chi connectivity index (χ4v) is 11.4. The van der Waals surface area contributed by atoms with Crippen molar-refractivity contribution in [2.45, 2.75) is 145 Å². The lowest BCUT2D eigenvalue weighted by Gasteiger charge is -2.59. The maximum absolute atomic E-state index is 12.6. The third-order valence-electron chi connectivity index (χ3n) is 14.4. The largest absolute Gasteiger partial charge is 0.396 e. The molecule has 2 aliphatic heterocycles. The van der Waals surface area contributed by atoms with Crippen molar-refractivity contribution in [3.63, 3.8) is 0 Å². The number of ether oxygens (including phenoxy) is 3. The van der Waals surface area contributed by atoms with E-state index in [0.717, 1.165) is 19.3 Å². The monoisotopic (exact) mass is 670 g/mol. The van der Waals surface area contributed by atoms with E-state index >= 15 is 0 Å². The van der Waals surface area contributed by atoms with E-state index in [1.165, 1.54) is 5.57 Å². The zero-order valence-electron chi connectivity index (χ0n) is 28.2. The SMILES string of the molecule is CCC1C(O)C(C(CO)C2(O)C(O)CC3C4=CCC5CC(OC6OC(CO)C(O)C(O)C6O)CCC5(C)C4CCC32C)OC1(C)CO. The summed E-state index contributed by atoms with van der Waals surface area (Å²) in [6.07, 6.45) is -2.28.